The number of para-hydroxylation sites is 1. The van der Waals surface area contributed by atoms with Gasteiger partial charge in [0.25, 0.3) is 5.91 Å². The molecule has 0 aliphatic rings. The van der Waals surface area contributed by atoms with Crippen molar-refractivity contribution in [3.05, 3.63) is 57.6 Å². The third kappa shape index (κ3) is 4.08. The van der Waals surface area contributed by atoms with Gasteiger partial charge in [0.05, 0.1) is 4.47 Å². The first kappa shape index (κ1) is 15.6. The van der Waals surface area contributed by atoms with Crippen molar-refractivity contribution in [2.75, 3.05) is 11.9 Å². The van der Waals surface area contributed by atoms with Crippen LogP contribution in [0.3, 0.4) is 0 Å². The summed E-state index contributed by atoms with van der Waals surface area (Å²) in [5.41, 5.74) is 3.99. The summed E-state index contributed by atoms with van der Waals surface area (Å²) in [6.45, 7) is 5.92. The summed E-state index contributed by atoms with van der Waals surface area (Å²) in [5.74, 6) is 0.539. The normalized spacial score (nSPS) is 10.3. The van der Waals surface area contributed by atoms with Crippen molar-refractivity contribution in [2.24, 2.45) is 0 Å². The van der Waals surface area contributed by atoms with Crippen LogP contribution in [0, 0.1) is 20.8 Å². The van der Waals surface area contributed by atoms with Gasteiger partial charge in [-0.15, -0.1) is 0 Å². The van der Waals surface area contributed by atoms with Crippen LogP contribution < -0.4 is 10.1 Å². The molecule has 2 rings (SSSR count). The van der Waals surface area contributed by atoms with E-state index >= 15 is 0 Å². The number of benzene rings is 2. The molecular formula is C17H18BrNO2. The molecule has 2 aromatic rings. The third-order valence-corrected chi connectivity index (χ3v) is 3.73. The standard InChI is InChI=1S/C17H18BrNO2/c1-11-8-13(3)17(14(18)9-11)21-10-16(20)19-15-7-5-4-6-12(15)2/h4-9H,10H2,1-3H3,(H,19,20). The van der Waals surface area contributed by atoms with Gasteiger partial charge in [0.1, 0.15) is 5.75 Å². The first-order valence-corrected chi connectivity index (χ1v) is 7.51. The smallest absolute Gasteiger partial charge is 0.262 e. The van der Waals surface area contributed by atoms with Gasteiger partial charge in [-0.3, -0.25) is 4.79 Å². The molecule has 4 heteroatoms. The Balaban J connectivity index is 2.01. The third-order valence-electron chi connectivity index (χ3n) is 3.14. The van der Waals surface area contributed by atoms with E-state index in [-0.39, 0.29) is 12.5 Å². The summed E-state index contributed by atoms with van der Waals surface area (Å²) in [5, 5.41) is 2.85. The molecule has 0 unspecified atom stereocenters. The Morgan fingerprint density at radius 1 is 1.14 bits per heavy atom. The van der Waals surface area contributed by atoms with Gasteiger partial charge in [-0.05, 0) is 65.5 Å². The Labute approximate surface area is 133 Å². The van der Waals surface area contributed by atoms with Crippen LogP contribution in [-0.4, -0.2) is 12.5 Å². The van der Waals surface area contributed by atoms with E-state index in [1.54, 1.807) is 0 Å². The minimum Gasteiger partial charge on any atom is -0.482 e. The lowest BCUT2D eigenvalue weighted by atomic mass is 10.1. The zero-order valence-corrected chi connectivity index (χ0v) is 14.0. The number of carbonyl (C=O) groups is 1. The maximum absolute atomic E-state index is 12.0. The van der Waals surface area contributed by atoms with Crippen LogP contribution in [-0.2, 0) is 4.79 Å². The second kappa shape index (κ2) is 6.76. The van der Waals surface area contributed by atoms with Crippen molar-refractivity contribution in [3.63, 3.8) is 0 Å². The summed E-state index contributed by atoms with van der Waals surface area (Å²) >= 11 is 3.47. The van der Waals surface area contributed by atoms with Crippen molar-refractivity contribution in [1.29, 1.82) is 0 Å². The Hall–Kier alpha value is -1.81. The zero-order valence-electron chi connectivity index (χ0n) is 12.4. The Morgan fingerprint density at radius 3 is 2.52 bits per heavy atom. The average Bonchev–Trinajstić information content (AvgIpc) is 2.40. The summed E-state index contributed by atoms with van der Waals surface area (Å²) < 4.78 is 6.50. The molecule has 0 fully saturated rings. The van der Waals surface area contributed by atoms with Crippen LogP contribution in [0.5, 0.6) is 5.75 Å². The number of aryl methyl sites for hydroxylation is 3. The largest absolute Gasteiger partial charge is 0.482 e. The van der Waals surface area contributed by atoms with Crippen LogP contribution in [0.4, 0.5) is 5.69 Å². The molecular weight excluding hydrogens is 330 g/mol. The molecule has 0 aromatic heterocycles. The van der Waals surface area contributed by atoms with Gasteiger partial charge in [-0.25, -0.2) is 0 Å². The molecule has 0 saturated heterocycles. The molecule has 0 heterocycles. The highest BCUT2D eigenvalue weighted by Gasteiger charge is 2.10. The van der Waals surface area contributed by atoms with Crippen LogP contribution in [0.25, 0.3) is 0 Å². The Morgan fingerprint density at radius 2 is 1.86 bits per heavy atom. The summed E-state index contributed by atoms with van der Waals surface area (Å²) in [7, 11) is 0. The first-order valence-electron chi connectivity index (χ1n) is 6.72. The number of carbonyl (C=O) groups excluding carboxylic acids is 1. The van der Waals surface area contributed by atoms with Gasteiger partial charge in [0.2, 0.25) is 0 Å². The number of rotatable bonds is 4. The monoisotopic (exact) mass is 347 g/mol. The van der Waals surface area contributed by atoms with Gasteiger partial charge in [-0.2, -0.15) is 0 Å². The summed E-state index contributed by atoms with van der Waals surface area (Å²) in [6.07, 6.45) is 0. The minimum absolute atomic E-state index is 0.0170. The van der Waals surface area contributed by atoms with Crippen molar-refractivity contribution >= 4 is 27.5 Å². The van der Waals surface area contributed by atoms with Gasteiger partial charge >= 0.3 is 0 Å². The number of amides is 1. The number of hydrogen-bond acceptors (Lipinski definition) is 2. The minimum atomic E-state index is -0.170. The van der Waals surface area contributed by atoms with E-state index in [1.807, 2.05) is 57.2 Å². The summed E-state index contributed by atoms with van der Waals surface area (Å²) in [4.78, 5) is 12.0. The quantitative estimate of drug-likeness (QED) is 0.890. The lowest BCUT2D eigenvalue weighted by Gasteiger charge is -2.13. The van der Waals surface area contributed by atoms with Crippen molar-refractivity contribution in [3.8, 4) is 5.75 Å². The molecule has 1 N–H and O–H groups in total. The van der Waals surface area contributed by atoms with E-state index in [0.29, 0.717) is 5.75 Å². The number of anilines is 1. The number of ether oxygens (including phenoxy) is 1. The molecule has 21 heavy (non-hydrogen) atoms. The van der Waals surface area contributed by atoms with Gasteiger partial charge in [-0.1, -0.05) is 24.3 Å². The van der Waals surface area contributed by atoms with Crippen LogP contribution in [0.15, 0.2) is 40.9 Å². The molecule has 0 aliphatic carbocycles. The molecule has 0 atom stereocenters. The summed E-state index contributed by atoms with van der Waals surface area (Å²) in [6, 6.07) is 11.7. The zero-order chi connectivity index (χ0) is 15.4. The molecule has 0 bridgehead atoms. The molecule has 0 spiro atoms. The van der Waals surface area contributed by atoms with Crippen molar-refractivity contribution in [1.82, 2.24) is 0 Å². The molecule has 2 aromatic carbocycles. The topological polar surface area (TPSA) is 38.3 Å². The maximum atomic E-state index is 12.0. The fraction of sp³-hybridized carbons (Fsp3) is 0.235. The second-order valence-corrected chi connectivity index (χ2v) is 5.90. The van der Waals surface area contributed by atoms with E-state index in [2.05, 4.69) is 21.2 Å². The highest BCUT2D eigenvalue weighted by Crippen LogP contribution is 2.30. The Bertz CT molecular complexity index is 645. The molecule has 1 amide bonds. The van der Waals surface area contributed by atoms with E-state index < -0.39 is 0 Å². The number of halogens is 1. The van der Waals surface area contributed by atoms with E-state index in [9.17, 15) is 4.79 Å². The molecule has 3 nitrogen and oxygen atoms in total. The van der Waals surface area contributed by atoms with Crippen LogP contribution in [0.1, 0.15) is 16.7 Å². The fourth-order valence-electron chi connectivity index (χ4n) is 2.12. The number of hydrogen-bond donors (Lipinski definition) is 1. The van der Waals surface area contributed by atoms with Gasteiger partial charge in [0.15, 0.2) is 6.61 Å². The SMILES string of the molecule is Cc1cc(C)c(OCC(=O)Nc2ccccc2C)c(Br)c1. The van der Waals surface area contributed by atoms with Gasteiger partial charge in [0, 0.05) is 5.69 Å². The van der Waals surface area contributed by atoms with Crippen LogP contribution in [0.2, 0.25) is 0 Å². The number of nitrogens with one attached hydrogen (secondary N) is 1. The Kier molecular flexibility index (Phi) is 5.02. The predicted molar refractivity (Wildman–Crippen MR) is 88.9 cm³/mol. The average molecular weight is 348 g/mol. The maximum Gasteiger partial charge on any atom is 0.262 e. The molecule has 0 saturated carbocycles. The molecule has 110 valence electrons. The molecule has 0 aliphatic heterocycles. The van der Waals surface area contributed by atoms with E-state index in [4.69, 9.17) is 4.74 Å². The first-order chi connectivity index (χ1) is 9.97. The fourth-order valence-corrected chi connectivity index (χ4v) is 2.91. The van der Waals surface area contributed by atoms with E-state index in [0.717, 1.165) is 26.9 Å². The van der Waals surface area contributed by atoms with Gasteiger partial charge < -0.3 is 10.1 Å². The lowest BCUT2D eigenvalue weighted by molar-refractivity contribution is -0.118. The lowest BCUT2D eigenvalue weighted by Crippen LogP contribution is -2.21. The van der Waals surface area contributed by atoms with E-state index in [1.165, 1.54) is 0 Å². The van der Waals surface area contributed by atoms with Crippen molar-refractivity contribution < 1.29 is 9.53 Å². The highest BCUT2D eigenvalue weighted by atomic mass is 79.9. The van der Waals surface area contributed by atoms with Crippen molar-refractivity contribution in [2.45, 2.75) is 20.8 Å². The predicted octanol–water partition coefficient (Wildman–Crippen LogP) is 4.39. The van der Waals surface area contributed by atoms with Crippen LogP contribution >= 0.6 is 15.9 Å². The second-order valence-electron chi connectivity index (χ2n) is 5.04. The highest BCUT2D eigenvalue weighted by molar-refractivity contribution is 9.10. The molecule has 0 radical (unpaired) electrons.